The molecule has 2 N–H and O–H groups in total. The number of halogens is 3. The van der Waals surface area contributed by atoms with Crippen LogP contribution in [0.4, 0.5) is 13.2 Å². The van der Waals surface area contributed by atoms with Gasteiger partial charge in [0.1, 0.15) is 0 Å². The van der Waals surface area contributed by atoms with Crippen molar-refractivity contribution in [1.29, 1.82) is 0 Å². The second-order valence-corrected chi connectivity index (χ2v) is 5.28. The largest absolute Gasteiger partial charge is 0.468 e. The molecule has 0 fully saturated rings. The average Bonchev–Trinajstić information content (AvgIpc) is 2.63. The lowest BCUT2D eigenvalue weighted by atomic mass is 10.3. The van der Waals surface area contributed by atoms with Crippen LogP contribution in [-0.4, -0.2) is 35.3 Å². The maximum atomic E-state index is 12.2. The highest BCUT2D eigenvalue weighted by molar-refractivity contribution is 5.79. The third kappa shape index (κ3) is 7.37. The molecular formula is C17H20F3N5O. The molecule has 0 spiro atoms. The summed E-state index contributed by atoms with van der Waals surface area (Å²) >= 11 is 0. The summed E-state index contributed by atoms with van der Waals surface area (Å²) in [6.07, 6.45) is -1.30. The number of rotatable bonds is 7. The summed E-state index contributed by atoms with van der Waals surface area (Å²) in [6, 6.07) is 8.74. The molecule has 0 radical (unpaired) electrons. The molecule has 0 saturated carbocycles. The fraction of sp³-hybridized carbons (Fsp3) is 0.353. The molecule has 0 aliphatic carbocycles. The first-order valence-electron chi connectivity index (χ1n) is 8.03. The molecule has 9 heteroatoms. The van der Waals surface area contributed by atoms with Crippen LogP contribution in [0.15, 0.2) is 47.7 Å². The summed E-state index contributed by atoms with van der Waals surface area (Å²) < 4.78 is 41.3. The summed E-state index contributed by atoms with van der Waals surface area (Å²) in [4.78, 5) is 12.4. The van der Waals surface area contributed by atoms with E-state index in [0.29, 0.717) is 24.6 Å². The maximum absolute atomic E-state index is 12.2. The molecule has 0 amide bonds. The van der Waals surface area contributed by atoms with E-state index in [-0.39, 0.29) is 12.4 Å². The van der Waals surface area contributed by atoms with Crippen molar-refractivity contribution < 1.29 is 17.9 Å². The van der Waals surface area contributed by atoms with Crippen LogP contribution in [-0.2, 0) is 13.1 Å². The van der Waals surface area contributed by atoms with E-state index in [4.69, 9.17) is 0 Å². The molecule has 2 rings (SSSR count). The topological polar surface area (TPSA) is 71.4 Å². The summed E-state index contributed by atoms with van der Waals surface area (Å²) in [5.74, 6) is 0.495. The van der Waals surface area contributed by atoms with Crippen LogP contribution in [0.5, 0.6) is 5.88 Å². The van der Waals surface area contributed by atoms with E-state index in [1.54, 1.807) is 12.3 Å². The number of pyridine rings is 2. The van der Waals surface area contributed by atoms with Crippen molar-refractivity contribution in [2.75, 3.05) is 13.2 Å². The maximum Gasteiger partial charge on any atom is 0.422 e. The van der Waals surface area contributed by atoms with E-state index < -0.39 is 12.8 Å². The molecule has 2 heterocycles. The lowest BCUT2D eigenvalue weighted by Gasteiger charge is -2.11. The summed E-state index contributed by atoms with van der Waals surface area (Å²) in [5.41, 5.74) is 1.55. The van der Waals surface area contributed by atoms with E-state index in [1.807, 2.05) is 25.1 Å². The van der Waals surface area contributed by atoms with Crippen molar-refractivity contribution in [2.24, 2.45) is 4.99 Å². The van der Waals surface area contributed by atoms with Gasteiger partial charge in [0.05, 0.1) is 18.8 Å². The van der Waals surface area contributed by atoms with Crippen LogP contribution in [0.1, 0.15) is 18.2 Å². The monoisotopic (exact) mass is 367 g/mol. The molecule has 0 aromatic carbocycles. The molecule has 6 nitrogen and oxygen atoms in total. The quantitative estimate of drug-likeness (QED) is 0.582. The number of aromatic nitrogens is 2. The zero-order valence-corrected chi connectivity index (χ0v) is 14.3. The summed E-state index contributed by atoms with van der Waals surface area (Å²) in [6.45, 7) is 2.00. The van der Waals surface area contributed by atoms with Gasteiger partial charge in [0, 0.05) is 25.0 Å². The van der Waals surface area contributed by atoms with E-state index in [1.165, 1.54) is 12.3 Å². The fourth-order valence-electron chi connectivity index (χ4n) is 1.97. The van der Waals surface area contributed by atoms with Crippen LogP contribution in [0.2, 0.25) is 0 Å². The Balaban J connectivity index is 1.95. The van der Waals surface area contributed by atoms with Gasteiger partial charge in [-0.05, 0) is 30.7 Å². The number of alkyl halides is 3. The third-order valence-corrected chi connectivity index (χ3v) is 3.11. The predicted octanol–water partition coefficient (Wildman–Crippen LogP) is 2.67. The zero-order chi connectivity index (χ0) is 18.8. The van der Waals surface area contributed by atoms with Crippen molar-refractivity contribution in [2.45, 2.75) is 26.2 Å². The van der Waals surface area contributed by atoms with Crippen molar-refractivity contribution in [3.63, 3.8) is 0 Å². The van der Waals surface area contributed by atoms with Gasteiger partial charge in [-0.1, -0.05) is 6.07 Å². The summed E-state index contributed by atoms with van der Waals surface area (Å²) in [7, 11) is 0. The van der Waals surface area contributed by atoms with Gasteiger partial charge < -0.3 is 15.4 Å². The van der Waals surface area contributed by atoms with Gasteiger partial charge in [-0.25, -0.2) is 9.98 Å². The molecule has 2 aromatic heterocycles. The van der Waals surface area contributed by atoms with Gasteiger partial charge in [0.25, 0.3) is 0 Å². The molecule has 2 aromatic rings. The van der Waals surface area contributed by atoms with Crippen LogP contribution >= 0.6 is 0 Å². The second-order valence-electron chi connectivity index (χ2n) is 5.28. The Labute approximate surface area is 149 Å². The Morgan fingerprint density at radius 2 is 2.00 bits per heavy atom. The van der Waals surface area contributed by atoms with Crippen LogP contribution in [0.25, 0.3) is 0 Å². The second kappa shape index (κ2) is 9.59. The van der Waals surface area contributed by atoms with Crippen LogP contribution < -0.4 is 15.4 Å². The number of nitrogens with zero attached hydrogens (tertiary/aromatic N) is 3. The minimum atomic E-state index is -4.40. The molecule has 140 valence electrons. The van der Waals surface area contributed by atoms with Gasteiger partial charge in [0.15, 0.2) is 12.6 Å². The highest BCUT2D eigenvalue weighted by atomic mass is 19.4. The molecule has 0 aliphatic rings. The number of hydrogen-bond acceptors (Lipinski definition) is 4. The smallest absolute Gasteiger partial charge is 0.422 e. The Kier molecular flexibility index (Phi) is 7.19. The van der Waals surface area contributed by atoms with Crippen LogP contribution in [0.3, 0.4) is 0 Å². The molecule has 26 heavy (non-hydrogen) atoms. The Hall–Kier alpha value is -2.84. The van der Waals surface area contributed by atoms with Crippen molar-refractivity contribution in [3.05, 3.63) is 54.0 Å². The molecule has 0 atom stereocenters. The molecule has 0 bridgehead atoms. The number of nitrogens with one attached hydrogen (secondary N) is 2. The van der Waals surface area contributed by atoms with E-state index in [2.05, 4.69) is 30.3 Å². The highest BCUT2D eigenvalue weighted by Crippen LogP contribution is 2.17. The highest BCUT2D eigenvalue weighted by Gasteiger charge is 2.28. The number of aliphatic imine (C=N–C) groups is 1. The van der Waals surface area contributed by atoms with E-state index in [0.717, 1.165) is 5.69 Å². The standard InChI is InChI=1S/C17H20F3N5O/c1-2-21-16(25-11-14-5-3-4-7-22-14)24-10-13-6-8-23-15(9-13)26-12-17(18,19)20/h3-9H,2,10-12H2,1H3,(H2,21,24,25). The van der Waals surface area contributed by atoms with Gasteiger partial charge in [-0.15, -0.1) is 0 Å². The van der Waals surface area contributed by atoms with Gasteiger partial charge in [-0.3, -0.25) is 4.98 Å². The fourth-order valence-corrected chi connectivity index (χ4v) is 1.97. The molecule has 0 saturated heterocycles. The number of guanidine groups is 1. The van der Waals surface area contributed by atoms with Crippen molar-refractivity contribution in [1.82, 2.24) is 20.6 Å². The van der Waals surface area contributed by atoms with E-state index >= 15 is 0 Å². The van der Waals surface area contributed by atoms with Gasteiger partial charge in [-0.2, -0.15) is 13.2 Å². The zero-order valence-electron chi connectivity index (χ0n) is 14.3. The average molecular weight is 367 g/mol. The first-order chi connectivity index (χ1) is 12.5. The number of ether oxygens (including phenoxy) is 1. The van der Waals surface area contributed by atoms with Crippen molar-refractivity contribution in [3.8, 4) is 5.88 Å². The minimum absolute atomic E-state index is 0.0820. The van der Waals surface area contributed by atoms with Gasteiger partial charge in [0.2, 0.25) is 5.88 Å². The SMILES string of the molecule is CCNC(=NCc1ccnc(OCC(F)(F)F)c1)NCc1ccccn1. The Morgan fingerprint density at radius 3 is 2.69 bits per heavy atom. The Bertz CT molecular complexity index is 707. The normalized spacial score (nSPS) is 11.9. The number of hydrogen-bond donors (Lipinski definition) is 2. The molecular weight excluding hydrogens is 347 g/mol. The van der Waals surface area contributed by atoms with Crippen molar-refractivity contribution >= 4 is 5.96 Å². The molecule has 0 aliphatic heterocycles. The van der Waals surface area contributed by atoms with Gasteiger partial charge >= 0.3 is 6.18 Å². The van der Waals surface area contributed by atoms with Crippen LogP contribution in [0, 0.1) is 0 Å². The van der Waals surface area contributed by atoms with E-state index in [9.17, 15) is 13.2 Å². The lowest BCUT2D eigenvalue weighted by Crippen LogP contribution is -2.37. The Morgan fingerprint density at radius 1 is 1.15 bits per heavy atom. The molecule has 0 unspecified atom stereocenters. The lowest BCUT2D eigenvalue weighted by molar-refractivity contribution is -0.154. The first kappa shape index (κ1) is 19.5. The third-order valence-electron chi connectivity index (χ3n) is 3.11. The summed E-state index contributed by atoms with van der Waals surface area (Å²) in [5, 5.41) is 6.25. The first-order valence-corrected chi connectivity index (χ1v) is 8.03. The minimum Gasteiger partial charge on any atom is -0.468 e. The predicted molar refractivity (Wildman–Crippen MR) is 91.7 cm³/mol.